The van der Waals surface area contributed by atoms with Gasteiger partial charge in [-0.2, -0.15) is 0 Å². The Morgan fingerprint density at radius 1 is 1.15 bits per heavy atom. The van der Waals surface area contributed by atoms with Crippen LogP contribution in [-0.4, -0.2) is 41.5 Å². The Labute approximate surface area is 190 Å². The van der Waals surface area contributed by atoms with Gasteiger partial charge < -0.3 is 14.8 Å². The van der Waals surface area contributed by atoms with Crippen molar-refractivity contribution in [3.63, 3.8) is 0 Å². The lowest BCUT2D eigenvalue weighted by Crippen LogP contribution is -2.50. The van der Waals surface area contributed by atoms with Crippen LogP contribution in [0.25, 0.3) is 0 Å². The summed E-state index contributed by atoms with van der Waals surface area (Å²) >= 11 is 0. The number of benzene rings is 2. The van der Waals surface area contributed by atoms with Crippen LogP contribution in [0.4, 0.5) is 17.1 Å². The van der Waals surface area contributed by atoms with Crippen LogP contribution < -0.4 is 15.0 Å². The molecule has 0 spiro atoms. The quantitative estimate of drug-likeness (QED) is 0.384. The van der Waals surface area contributed by atoms with Gasteiger partial charge in [-0.05, 0) is 50.1 Å². The lowest BCUT2D eigenvalue weighted by molar-refractivity contribution is -0.384. The molecule has 1 N–H and O–H groups in total. The number of amides is 2. The van der Waals surface area contributed by atoms with E-state index < -0.39 is 28.8 Å². The summed E-state index contributed by atoms with van der Waals surface area (Å²) < 4.78 is 10.9. The minimum Gasteiger partial charge on any atom is -0.478 e. The van der Waals surface area contributed by atoms with Crippen molar-refractivity contribution >= 4 is 34.8 Å². The van der Waals surface area contributed by atoms with Gasteiger partial charge >= 0.3 is 5.97 Å². The highest BCUT2D eigenvalue weighted by Gasteiger charge is 2.38. The highest BCUT2D eigenvalue weighted by molar-refractivity contribution is 6.06. The van der Waals surface area contributed by atoms with Gasteiger partial charge in [0.25, 0.3) is 11.6 Å². The Bertz CT molecular complexity index is 1080. The number of esters is 1. The maximum Gasteiger partial charge on any atom is 0.338 e. The lowest BCUT2D eigenvalue weighted by Gasteiger charge is -2.35. The minimum absolute atomic E-state index is 0.160. The van der Waals surface area contributed by atoms with Crippen molar-refractivity contribution < 1.29 is 28.8 Å². The first-order valence-corrected chi connectivity index (χ1v) is 10.4. The van der Waals surface area contributed by atoms with E-state index in [1.807, 2.05) is 13.8 Å². The highest BCUT2D eigenvalue weighted by atomic mass is 16.6. The monoisotopic (exact) mass is 455 g/mol. The zero-order chi connectivity index (χ0) is 24.3. The van der Waals surface area contributed by atoms with Gasteiger partial charge in [-0.1, -0.05) is 13.8 Å². The molecule has 2 aromatic carbocycles. The molecule has 1 aliphatic heterocycles. The third-order valence-corrected chi connectivity index (χ3v) is 4.86. The minimum atomic E-state index is -0.821. The van der Waals surface area contributed by atoms with Gasteiger partial charge in [-0.15, -0.1) is 0 Å². The van der Waals surface area contributed by atoms with E-state index >= 15 is 0 Å². The maximum atomic E-state index is 13.0. The van der Waals surface area contributed by atoms with E-state index in [9.17, 15) is 24.5 Å². The summed E-state index contributed by atoms with van der Waals surface area (Å²) in [6.45, 7) is 6.74. The molecule has 10 nitrogen and oxygen atoms in total. The van der Waals surface area contributed by atoms with E-state index in [1.54, 1.807) is 26.0 Å². The van der Waals surface area contributed by atoms with Crippen molar-refractivity contribution in [2.45, 2.75) is 39.9 Å². The molecule has 10 heteroatoms. The van der Waals surface area contributed by atoms with Gasteiger partial charge in [0.15, 0.2) is 6.10 Å². The fourth-order valence-corrected chi connectivity index (χ4v) is 3.29. The molecular formula is C23H25N3O7. The second-order valence-electron chi connectivity index (χ2n) is 8.20. The first-order valence-electron chi connectivity index (χ1n) is 10.4. The molecule has 0 aliphatic carbocycles. The number of fused-ring (bicyclic) bond motifs is 1. The Balaban J connectivity index is 1.79. The molecule has 0 aromatic heterocycles. The number of hydrogen-bond donors (Lipinski definition) is 1. The largest absolute Gasteiger partial charge is 0.478 e. The maximum absolute atomic E-state index is 13.0. The molecule has 3 rings (SSSR count). The summed E-state index contributed by atoms with van der Waals surface area (Å²) in [6, 6.07) is 10.1. The number of nitrogens with one attached hydrogen (secondary N) is 1. The van der Waals surface area contributed by atoms with Crippen molar-refractivity contribution in [2.75, 3.05) is 16.8 Å². The topological polar surface area (TPSA) is 128 Å². The Morgan fingerprint density at radius 2 is 1.82 bits per heavy atom. The number of nitrogens with zero attached hydrogens (tertiary/aromatic N) is 2. The first kappa shape index (κ1) is 23.7. The van der Waals surface area contributed by atoms with Crippen LogP contribution in [0.5, 0.6) is 5.75 Å². The van der Waals surface area contributed by atoms with Crippen molar-refractivity contribution in [1.29, 1.82) is 0 Å². The zero-order valence-electron chi connectivity index (χ0n) is 18.7. The average molecular weight is 455 g/mol. The number of ether oxygens (including phenoxy) is 2. The smallest absolute Gasteiger partial charge is 0.338 e. The van der Waals surface area contributed by atoms with Crippen LogP contribution >= 0.6 is 0 Å². The molecule has 1 heterocycles. The molecule has 0 radical (unpaired) electrons. The fourth-order valence-electron chi connectivity index (χ4n) is 3.29. The van der Waals surface area contributed by atoms with Crippen LogP contribution in [0.15, 0.2) is 42.5 Å². The van der Waals surface area contributed by atoms with E-state index in [1.165, 1.54) is 35.2 Å². The zero-order valence-corrected chi connectivity index (χ0v) is 18.7. The summed E-state index contributed by atoms with van der Waals surface area (Å²) in [5.74, 6) is -1.33. The molecule has 0 bridgehead atoms. The van der Waals surface area contributed by atoms with Gasteiger partial charge in [-0.25, -0.2) is 4.79 Å². The van der Waals surface area contributed by atoms with Crippen LogP contribution in [0.2, 0.25) is 0 Å². The molecular weight excluding hydrogens is 430 g/mol. The summed E-state index contributed by atoms with van der Waals surface area (Å²) in [4.78, 5) is 49.5. The van der Waals surface area contributed by atoms with Gasteiger partial charge in [-0.3, -0.25) is 24.6 Å². The number of nitro benzene ring substituents is 1. The third kappa shape index (κ3) is 5.46. The van der Waals surface area contributed by atoms with Gasteiger partial charge in [0.1, 0.15) is 12.3 Å². The van der Waals surface area contributed by atoms with Gasteiger partial charge in [0.2, 0.25) is 5.91 Å². The number of carbonyl (C=O) groups is 3. The molecule has 2 amide bonds. The molecule has 1 aliphatic rings. The number of carbonyl (C=O) groups excluding carboxylic acids is 3. The predicted molar refractivity (Wildman–Crippen MR) is 120 cm³/mol. The number of non-ortho nitro benzene ring substituents is 1. The van der Waals surface area contributed by atoms with E-state index in [0.29, 0.717) is 17.0 Å². The predicted octanol–water partition coefficient (Wildman–Crippen LogP) is 3.55. The summed E-state index contributed by atoms with van der Waals surface area (Å²) in [5.41, 5.74) is 0.697. The van der Waals surface area contributed by atoms with Crippen LogP contribution in [0.1, 0.15) is 38.1 Å². The normalized spacial score (nSPS) is 15.2. The van der Waals surface area contributed by atoms with E-state index in [-0.39, 0.29) is 29.9 Å². The summed E-state index contributed by atoms with van der Waals surface area (Å²) in [6.07, 6.45) is -1.07. The Hall–Kier alpha value is -3.95. The van der Waals surface area contributed by atoms with Crippen LogP contribution in [0, 0.1) is 16.0 Å². The molecule has 33 heavy (non-hydrogen) atoms. The summed E-state index contributed by atoms with van der Waals surface area (Å²) in [5, 5.41) is 13.9. The molecule has 0 fully saturated rings. The molecule has 1 unspecified atom stereocenters. The standard InChI is InChI=1S/C23H25N3O7/c1-13(2)21-22(28)25(18-11-17(26(30)31)9-10-19(18)33-21)12-20(27)24-16-7-5-15(6-8-16)23(29)32-14(3)4/h5-11,13-14,21H,12H2,1-4H3,(H,24,27). The van der Waals surface area contributed by atoms with Crippen molar-refractivity contribution in [2.24, 2.45) is 5.92 Å². The average Bonchev–Trinajstić information content (AvgIpc) is 2.74. The van der Waals surface area contributed by atoms with E-state index in [0.717, 1.165) is 0 Å². The number of nitro groups is 1. The van der Waals surface area contributed by atoms with E-state index in [4.69, 9.17) is 9.47 Å². The summed E-state index contributed by atoms with van der Waals surface area (Å²) in [7, 11) is 0. The van der Waals surface area contributed by atoms with Crippen LogP contribution in [-0.2, 0) is 14.3 Å². The molecule has 2 aromatic rings. The van der Waals surface area contributed by atoms with Crippen molar-refractivity contribution in [3.05, 3.63) is 58.1 Å². The second kappa shape index (κ2) is 9.68. The van der Waals surface area contributed by atoms with Crippen molar-refractivity contribution in [3.8, 4) is 5.75 Å². The van der Waals surface area contributed by atoms with Gasteiger partial charge in [0.05, 0.1) is 22.3 Å². The molecule has 0 saturated carbocycles. The van der Waals surface area contributed by atoms with E-state index in [2.05, 4.69) is 5.32 Å². The second-order valence-corrected chi connectivity index (χ2v) is 8.20. The Kier molecular flexibility index (Phi) is 6.95. The Morgan fingerprint density at radius 3 is 2.39 bits per heavy atom. The first-order chi connectivity index (χ1) is 15.6. The lowest BCUT2D eigenvalue weighted by atomic mass is 10.0. The third-order valence-electron chi connectivity index (χ3n) is 4.86. The number of rotatable bonds is 7. The van der Waals surface area contributed by atoms with Gasteiger partial charge in [0, 0.05) is 17.8 Å². The highest BCUT2D eigenvalue weighted by Crippen LogP contribution is 2.38. The fraction of sp³-hybridized carbons (Fsp3) is 0.348. The SMILES string of the molecule is CC(C)OC(=O)c1ccc(NC(=O)CN2C(=O)C(C(C)C)Oc3ccc([N+](=O)[O-])cc32)cc1. The molecule has 1 atom stereocenters. The van der Waals surface area contributed by atoms with Crippen LogP contribution in [0.3, 0.4) is 0 Å². The molecule has 174 valence electrons. The molecule has 0 saturated heterocycles. The van der Waals surface area contributed by atoms with Crippen molar-refractivity contribution in [1.82, 2.24) is 0 Å². The number of hydrogen-bond acceptors (Lipinski definition) is 7. The number of anilines is 2.